The number of carboxylic acid groups (broad SMARTS) is 1. The summed E-state index contributed by atoms with van der Waals surface area (Å²) in [4.78, 5) is 12.7. The molecule has 1 aromatic rings. The molecule has 0 radical (unpaired) electrons. The Morgan fingerprint density at radius 2 is 2.06 bits per heavy atom. The number of aromatic carboxylic acids is 1. The zero-order chi connectivity index (χ0) is 11.0. The van der Waals surface area contributed by atoms with E-state index in [2.05, 4.69) is 0 Å². The molecule has 0 unspecified atom stereocenters. The topological polar surface area (TPSA) is 60.8 Å². The Bertz CT molecular complexity index is 407. The summed E-state index contributed by atoms with van der Waals surface area (Å²) in [5.41, 5.74) is 0.762. The number of anilines is 1. The molecule has 4 nitrogen and oxygen atoms in total. The van der Waals surface area contributed by atoms with Crippen LogP contribution in [0.3, 0.4) is 0 Å². The number of carbonyl (C=O) groups is 1. The van der Waals surface area contributed by atoms with Gasteiger partial charge in [0.1, 0.15) is 0 Å². The minimum absolute atomic E-state index is 0. The van der Waals surface area contributed by atoms with E-state index in [1.807, 2.05) is 4.90 Å². The number of aliphatic hydroxyl groups excluding tert-OH is 1. The van der Waals surface area contributed by atoms with Crippen molar-refractivity contribution in [3.8, 4) is 0 Å². The van der Waals surface area contributed by atoms with Crippen molar-refractivity contribution in [2.75, 3.05) is 18.0 Å². The van der Waals surface area contributed by atoms with Crippen LogP contribution in [0.4, 0.5) is 5.69 Å². The molecular formula is C10H11ClLiNO3. The Morgan fingerprint density at radius 3 is 2.56 bits per heavy atom. The van der Waals surface area contributed by atoms with E-state index in [4.69, 9.17) is 21.8 Å². The predicted molar refractivity (Wildman–Crippen MR) is 63.8 cm³/mol. The van der Waals surface area contributed by atoms with Gasteiger partial charge in [0.2, 0.25) is 0 Å². The van der Waals surface area contributed by atoms with E-state index in [9.17, 15) is 4.79 Å². The van der Waals surface area contributed by atoms with Crippen LogP contribution in [0.5, 0.6) is 0 Å². The Hall–Kier alpha value is -0.663. The van der Waals surface area contributed by atoms with Crippen LogP contribution in [-0.4, -0.2) is 54.2 Å². The molecular weight excluding hydrogens is 225 g/mol. The van der Waals surface area contributed by atoms with Crippen molar-refractivity contribution < 1.29 is 15.0 Å². The number of nitrogens with zero attached hydrogens (tertiary/aromatic N) is 1. The van der Waals surface area contributed by atoms with Crippen LogP contribution in [0.15, 0.2) is 18.2 Å². The number of rotatable bonds is 2. The van der Waals surface area contributed by atoms with Gasteiger partial charge in [0.15, 0.2) is 0 Å². The van der Waals surface area contributed by atoms with E-state index >= 15 is 0 Å². The van der Waals surface area contributed by atoms with Crippen LogP contribution in [0.2, 0.25) is 5.02 Å². The van der Waals surface area contributed by atoms with Gasteiger partial charge in [0, 0.05) is 13.1 Å². The third kappa shape index (κ3) is 2.36. The zero-order valence-electron chi connectivity index (χ0n) is 7.85. The first-order valence-electron chi connectivity index (χ1n) is 4.54. The van der Waals surface area contributed by atoms with Gasteiger partial charge in [0.25, 0.3) is 0 Å². The molecule has 0 atom stereocenters. The van der Waals surface area contributed by atoms with Crippen molar-refractivity contribution in [3.63, 3.8) is 0 Å². The number of aliphatic hydroxyl groups is 1. The molecule has 1 aliphatic heterocycles. The molecule has 2 rings (SSSR count). The van der Waals surface area contributed by atoms with Crippen LogP contribution in [0, 0.1) is 0 Å². The van der Waals surface area contributed by atoms with Gasteiger partial charge in [-0.1, -0.05) is 17.7 Å². The van der Waals surface area contributed by atoms with Crippen LogP contribution in [0.1, 0.15) is 10.4 Å². The zero-order valence-corrected chi connectivity index (χ0v) is 8.61. The molecule has 0 aliphatic carbocycles. The summed E-state index contributed by atoms with van der Waals surface area (Å²) >= 11 is 5.95. The van der Waals surface area contributed by atoms with E-state index in [1.165, 1.54) is 6.07 Å². The van der Waals surface area contributed by atoms with E-state index in [1.54, 1.807) is 12.1 Å². The van der Waals surface area contributed by atoms with Crippen molar-refractivity contribution in [2.24, 2.45) is 0 Å². The summed E-state index contributed by atoms with van der Waals surface area (Å²) in [6.07, 6.45) is -0.338. The van der Waals surface area contributed by atoms with Crippen molar-refractivity contribution in [2.45, 2.75) is 6.10 Å². The number of halogens is 1. The average Bonchev–Trinajstić information content (AvgIpc) is 2.13. The summed E-state index contributed by atoms with van der Waals surface area (Å²) < 4.78 is 0. The van der Waals surface area contributed by atoms with Gasteiger partial charge in [0.05, 0.1) is 22.4 Å². The van der Waals surface area contributed by atoms with Crippen molar-refractivity contribution >= 4 is 42.1 Å². The second kappa shape index (κ2) is 5.11. The van der Waals surface area contributed by atoms with Gasteiger partial charge in [-0.05, 0) is 12.1 Å². The second-order valence-corrected chi connectivity index (χ2v) is 3.88. The summed E-state index contributed by atoms with van der Waals surface area (Å²) in [6, 6.07) is 4.86. The molecule has 16 heavy (non-hydrogen) atoms. The standard InChI is InChI=1S/C10H10ClNO3.Li.H/c11-9-7(10(14)15)2-1-3-8(9)12-4-6(13)5-12;;/h1-3,6,13H,4-5H2,(H,14,15);;. The molecule has 6 heteroatoms. The third-order valence-corrected chi connectivity index (χ3v) is 2.81. The number of β-amino-alcohol motifs (C(OH)–C–C–N with tert-alkyl or cyclic N) is 1. The molecule has 0 bridgehead atoms. The first kappa shape index (κ1) is 13.4. The van der Waals surface area contributed by atoms with Crippen LogP contribution in [-0.2, 0) is 0 Å². The molecule has 1 aromatic carbocycles. The molecule has 1 saturated heterocycles. The molecule has 1 aliphatic rings. The Morgan fingerprint density at radius 1 is 1.44 bits per heavy atom. The SMILES string of the molecule is O=C(O)c1cccc(N2CC(O)C2)c1Cl.[LiH]. The molecule has 0 aromatic heterocycles. The maximum absolute atomic E-state index is 10.8. The van der Waals surface area contributed by atoms with Gasteiger partial charge in [-0.25, -0.2) is 4.79 Å². The van der Waals surface area contributed by atoms with Gasteiger partial charge in [-0.3, -0.25) is 0 Å². The quantitative estimate of drug-likeness (QED) is 0.736. The summed E-state index contributed by atoms with van der Waals surface area (Å²) in [7, 11) is 0. The fourth-order valence-electron chi connectivity index (χ4n) is 1.58. The van der Waals surface area contributed by atoms with Crippen LogP contribution < -0.4 is 4.90 Å². The van der Waals surface area contributed by atoms with E-state index in [0.717, 1.165) is 0 Å². The van der Waals surface area contributed by atoms with Gasteiger partial charge in [-0.15, -0.1) is 0 Å². The monoisotopic (exact) mass is 235 g/mol. The van der Waals surface area contributed by atoms with Gasteiger partial charge < -0.3 is 15.1 Å². The average molecular weight is 236 g/mol. The van der Waals surface area contributed by atoms with E-state index in [-0.39, 0.29) is 35.6 Å². The first-order valence-corrected chi connectivity index (χ1v) is 4.92. The van der Waals surface area contributed by atoms with Gasteiger partial charge >= 0.3 is 24.8 Å². The van der Waals surface area contributed by atoms with Crippen LogP contribution in [0.25, 0.3) is 0 Å². The Labute approximate surface area is 110 Å². The summed E-state index contributed by atoms with van der Waals surface area (Å²) in [5, 5.41) is 18.2. The molecule has 1 heterocycles. The minimum atomic E-state index is -1.04. The number of hydrogen-bond acceptors (Lipinski definition) is 3. The number of carboxylic acids is 1. The third-order valence-electron chi connectivity index (χ3n) is 2.41. The normalized spacial score (nSPS) is 15.2. The fourth-order valence-corrected chi connectivity index (χ4v) is 1.91. The number of hydrogen-bond donors (Lipinski definition) is 2. The molecule has 0 saturated carbocycles. The van der Waals surface area contributed by atoms with Crippen molar-refractivity contribution in [3.05, 3.63) is 28.8 Å². The van der Waals surface area contributed by atoms with Crippen LogP contribution >= 0.6 is 11.6 Å². The summed E-state index contributed by atoms with van der Waals surface area (Å²) in [6.45, 7) is 1.01. The van der Waals surface area contributed by atoms with Gasteiger partial charge in [-0.2, -0.15) is 0 Å². The molecule has 0 amide bonds. The second-order valence-electron chi connectivity index (χ2n) is 3.50. The van der Waals surface area contributed by atoms with E-state index < -0.39 is 5.97 Å². The summed E-state index contributed by atoms with van der Waals surface area (Å²) in [5.74, 6) is -1.04. The molecule has 82 valence electrons. The van der Waals surface area contributed by atoms with E-state index in [0.29, 0.717) is 18.8 Å². The predicted octanol–water partition coefficient (Wildman–Crippen LogP) is 0.571. The van der Waals surface area contributed by atoms with Crippen molar-refractivity contribution in [1.29, 1.82) is 0 Å². The fraction of sp³-hybridized carbons (Fsp3) is 0.300. The first-order chi connectivity index (χ1) is 7.09. The van der Waals surface area contributed by atoms with Crippen molar-refractivity contribution in [1.82, 2.24) is 0 Å². The Balaban J connectivity index is 0.00000128. The number of benzene rings is 1. The molecule has 0 spiro atoms. The Kier molecular flexibility index (Phi) is 4.28. The maximum atomic E-state index is 10.8. The molecule has 1 fully saturated rings. The molecule has 2 N–H and O–H groups in total.